The molecule has 2 aromatic carbocycles. The van der Waals surface area contributed by atoms with Crippen LogP contribution in [0.5, 0.6) is 5.88 Å². The summed E-state index contributed by atoms with van der Waals surface area (Å²) < 4.78 is 41.8. The molecule has 0 aliphatic carbocycles. The van der Waals surface area contributed by atoms with E-state index in [1.165, 1.54) is 17.6 Å². The summed E-state index contributed by atoms with van der Waals surface area (Å²) in [4.78, 5) is 24.4. The van der Waals surface area contributed by atoms with Crippen molar-refractivity contribution in [1.29, 1.82) is 0 Å². The average molecular weight is 486 g/mol. The summed E-state index contributed by atoms with van der Waals surface area (Å²) in [6.07, 6.45) is -3.51. The standard InChI is InChI=1S/C25H25F3N4O3/c1-13-9-14(2)11-17(10-13)32-20-12-16(25(26,27)28)6-7-18(20)21(24(32)35)15(3)30-31-23(34)19-5-4-8-29-22(19)33/h6-7,9-12,19,35H,4-5,8H2,1-3H3,(H,29,33)(H,31,34)/b30-15-. The number of nitrogens with zero attached hydrogens (tertiary/aromatic N) is 2. The number of carbonyl (C=O) groups is 2. The predicted molar refractivity (Wildman–Crippen MR) is 126 cm³/mol. The maximum absolute atomic E-state index is 13.5. The monoisotopic (exact) mass is 486 g/mol. The molecule has 1 fully saturated rings. The molecular formula is C25H25F3N4O3. The number of aryl methyl sites for hydroxylation is 2. The minimum Gasteiger partial charge on any atom is -0.494 e. The van der Waals surface area contributed by atoms with Gasteiger partial charge < -0.3 is 10.4 Å². The molecule has 1 unspecified atom stereocenters. The van der Waals surface area contributed by atoms with E-state index >= 15 is 0 Å². The van der Waals surface area contributed by atoms with Crippen molar-refractivity contribution in [3.05, 3.63) is 58.7 Å². The van der Waals surface area contributed by atoms with Gasteiger partial charge in [-0.15, -0.1) is 0 Å². The Morgan fingerprint density at radius 1 is 1.17 bits per heavy atom. The van der Waals surface area contributed by atoms with Gasteiger partial charge in [0.25, 0.3) is 5.91 Å². The zero-order valence-electron chi connectivity index (χ0n) is 19.5. The second kappa shape index (κ2) is 9.09. The van der Waals surface area contributed by atoms with Crippen molar-refractivity contribution in [2.75, 3.05) is 6.54 Å². The number of nitrogens with one attached hydrogen (secondary N) is 2. The molecule has 35 heavy (non-hydrogen) atoms. The normalized spacial score (nSPS) is 16.9. The first kappa shape index (κ1) is 24.3. The van der Waals surface area contributed by atoms with Crippen molar-refractivity contribution in [2.45, 2.75) is 39.8 Å². The SMILES string of the molecule is C/C(=N/NC(=O)C1CCCNC1=O)c1c(O)n(-c2cc(C)cc(C)c2)c2cc(C(F)(F)F)ccc12. The van der Waals surface area contributed by atoms with Gasteiger partial charge in [0.15, 0.2) is 0 Å². The fourth-order valence-electron chi connectivity index (χ4n) is 4.44. The van der Waals surface area contributed by atoms with Gasteiger partial charge >= 0.3 is 6.18 Å². The summed E-state index contributed by atoms with van der Waals surface area (Å²) in [5.41, 5.74) is 4.25. The number of hydrogen-bond acceptors (Lipinski definition) is 4. The number of rotatable bonds is 4. The number of benzene rings is 2. The summed E-state index contributed by atoms with van der Waals surface area (Å²) in [5.74, 6) is -2.15. The Bertz CT molecular complexity index is 1340. The van der Waals surface area contributed by atoms with Gasteiger partial charge in [0, 0.05) is 17.6 Å². The lowest BCUT2D eigenvalue weighted by atomic mass is 9.98. The fourth-order valence-corrected chi connectivity index (χ4v) is 4.44. The molecule has 4 rings (SSSR count). The number of amides is 2. The van der Waals surface area contributed by atoms with Crippen LogP contribution in [-0.2, 0) is 15.8 Å². The first-order valence-corrected chi connectivity index (χ1v) is 11.1. The second-order valence-corrected chi connectivity index (χ2v) is 8.77. The van der Waals surface area contributed by atoms with Crippen LogP contribution in [0.2, 0.25) is 0 Å². The quantitative estimate of drug-likeness (QED) is 0.291. The van der Waals surface area contributed by atoms with Gasteiger partial charge in [-0.3, -0.25) is 14.2 Å². The highest BCUT2D eigenvalue weighted by atomic mass is 19.4. The van der Waals surface area contributed by atoms with Crippen LogP contribution in [0.25, 0.3) is 16.6 Å². The van der Waals surface area contributed by atoms with Gasteiger partial charge in [0.2, 0.25) is 11.8 Å². The molecule has 1 atom stereocenters. The number of fused-ring (bicyclic) bond motifs is 1. The summed E-state index contributed by atoms with van der Waals surface area (Å²) in [6, 6.07) is 8.63. The molecule has 184 valence electrons. The number of alkyl halides is 3. The average Bonchev–Trinajstić information content (AvgIpc) is 3.07. The van der Waals surface area contributed by atoms with Crippen LogP contribution in [0.15, 0.2) is 41.5 Å². The van der Waals surface area contributed by atoms with Crippen LogP contribution >= 0.6 is 0 Å². The minimum absolute atomic E-state index is 0.143. The number of aromatic hydroxyl groups is 1. The molecule has 3 aromatic rings. The zero-order valence-corrected chi connectivity index (χ0v) is 19.5. The second-order valence-electron chi connectivity index (χ2n) is 8.77. The molecule has 1 saturated heterocycles. The maximum atomic E-state index is 13.5. The van der Waals surface area contributed by atoms with Crippen molar-refractivity contribution in [3.8, 4) is 11.6 Å². The number of halogens is 3. The van der Waals surface area contributed by atoms with E-state index in [1.807, 2.05) is 19.9 Å². The highest BCUT2D eigenvalue weighted by Gasteiger charge is 2.32. The van der Waals surface area contributed by atoms with Gasteiger partial charge in [0.1, 0.15) is 5.92 Å². The molecule has 0 bridgehead atoms. The third-order valence-corrected chi connectivity index (χ3v) is 6.03. The van der Waals surface area contributed by atoms with Crippen LogP contribution in [-0.4, -0.2) is 33.7 Å². The Morgan fingerprint density at radius 2 is 1.86 bits per heavy atom. The molecule has 2 amide bonds. The number of carbonyl (C=O) groups excluding carboxylic acids is 2. The summed E-state index contributed by atoms with van der Waals surface area (Å²) in [5, 5.41) is 18.2. The van der Waals surface area contributed by atoms with E-state index in [-0.39, 0.29) is 28.6 Å². The third-order valence-electron chi connectivity index (χ3n) is 6.03. The maximum Gasteiger partial charge on any atom is 0.416 e. The molecule has 1 aliphatic rings. The molecule has 1 aromatic heterocycles. The van der Waals surface area contributed by atoms with Gasteiger partial charge in [-0.2, -0.15) is 18.3 Å². The van der Waals surface area contributed by atoms with Gasteiger partial charge in [-0.25, -0.2) is 5.43 Å². The molecule has 2 heterocycles. The van der Waals surface area contributed by atoms with E-state index in [0.29, 0.717) is 30.5 Å². The molecule has 0 saturated carbocycles. The van der Waals surface area contributed by atoms with Crippen molar-refractivity contribution < 1.29 is 27.9 Å². The van der Waals surface area contributed by atoms with Crippen LogP contribution in [0.4, 0.5) is 13.2 Å². The highest BCUT2D eigenvalue weighted by Crippen LogP contribution is 2.39. The minimum atomic E-state index is -4.57. The Morgan fingerprint density at radius 3 is 2.49 bits per heavy atom. The van der Waals surface area contributed by atoms with E-state index in [0.717, 1.165) is 23.3 Å². The third kappa shape index (κ3) is 4.73. The molecule has 0 radical (unpaired) electrons. The lowest BCUT2D eigenvalue weighted by Gasteiger charge is -2.19. The topological polar surface area (TPSA) is 95.7 Å². The fraction of sp³-hybridized carbons (Fsp3) is 0.320. The number of aromatic nitrogens is 1. The van der Waals surface area contributed by atoms with E-state index in [9.17, 15) is 27.9 Å². The number of piperidine rings is 1. The van der Waals surface area contributed by atoms with E-state index in [1.54, 1.807) is 12.1 Å². The first-order valence-electron chi connectivity index (χ1n) is 11.1. The molecule has 10 heteroatoms. The highest BCUT2D eigenvalue weighted by molar-refractivity contribution is 6.13. The van der Waals surface area contributed by atoms with Crippen molar-refractivity contribution in [3.63, 3.8) is 0 Å². The largest absolute Gasteiger partial charge is 0.494 e. The summed E-state index contributed by atoms with van der Waals surface area (Å²) in [6.45, 7) is 5.74. The smallest absolute Gasteiger partial charge is 0.416 e. The van der Waals surface area contributed by atoms with Gasteiger partial charge in [-0.05, 0) is 69.0 Å². The summed E-state index contributed by atoms with van der Waals surface area (Å²) in [7, 11) is 0. The van der Waals surface area contributed by atoms with Crippen molar-refractivity contribution in [2.24, 2.45) is 11.0 Å². The first-order chi connectivity index (χ1) is 16.5. The Balaban J connectivity index is 1.83. The van der Waals surface area contributed by atoms with Crippen LogP contribution in [0.3, 0.4) is 0 Å². The van der Waals surface area contributed by atoms with Crippen LogP contribution in [0.1, 0.15) is 42.0 Å². The van der Waals surface area contributed by atoms with Crippen LogP contribution in [0, 0.1) is 19.8 Å². The van der Waals surface area contributed by atoms with E-state index in [2.05, 4.69) is 15.8 Å². The molecule has 0 spiro atoms. The van der Waals surface area contributed by atoms with Gasteiger partial charge in [0.05, 0.1) is 22.4 Å². The Kier molecular flexibility index (Phi) is 6.31. The Hall–Kier alpha value is -3.82. The number of hydrazone groups is 1. The zero-order chi connectivity index (χ0) is 25.5. The van der Waals surface area contributed by atoms with Gasteiger partial charge in [-0.1, -0.05) is 12.1 Å². The predicted octanol–water partition coefficient (Wildman–Crippen LogP) is 4.34. The molecule has 3 N–H and O–H groups in total. The van der Waals surface area contributed by atoms with Crippen LogP contribution < -0.4 is 10.7 Å². The lowest BCUT2D eigenvalue weighted by Crippen LogP contribution is -2.44. The van der Waals surface area contributed by atoms with Crippen molar-refractivity contribution in [1.82, 2.24) is 15.3 Å². The molecular weight excluding hydrogens is 461 g/mol. The van der Waals surface area contributed by atoms with E-state index < -0.39 is 23.6 Å². The van der Waals surface area contributed by atoms with Crippen molar-refractivity contribution >= 4 is 28.4 Å². The molecule has 1 aliphatic heterocycles. The molecule has 7 nitrogen and oxygen atoms in total. The lowest BCUT2D eigenvalue weighted by molar-refractivity contribution is -0.138. The Labute approximate surface area is 199 Å². The van der Waals surface area contributed by atoms with E-state index in [4.69, 9.17) is 0 Å². The summed E-state index contributed by atoms with van der Waals surface area (Å²) >= 11 is 0. The number of hydrogen-bond donors (Lipinski definition) is 3.